The molecule has 2 rings (SSSR count). The Hall–Kier alpha value is -0.210. The molecule has 1 unspecified atom stereocenters. The number of nitrogens with zero attached hydrogens (tertiary/aromatic N) is 2. The molecule has 3 atom stereocenters. The van der Waals surface area contributed by atoms with Gasteiger partial charge in [-0.15, -0.1) is 0 Å². The molecule has 0 aromatic rings. The van der Waals surface area contributed by atoms with Crippen molar-refractivity contribution in [3.8, 4) is 0 Å². The van der Waals surface area contributed by atoms with Gasteiger partial charge in [0.25, 0.3) is 10.2 Å². The number of rotatable bonds is 4. The molecule has 1 N–H and O–H groups in total. The van der Waals surface area contributed by atoms with Crippen molar-refractivity contribution in [1.82, 2.24) is 13.9 Å². The zero-order valence-corrected chi connectivity index (χ0v) is 13.5. The highest BCUT2D eigenvalue weighted by Gasteiger charge is 2.37. The molecule has 0 spiro atoms. The number of hydrogen-bond donors (Lipinski definition) is 1. The Morgan fingerprint density at radius 3 is 2.40 bits per heavy atom. The van der Waals surface area contributed by atoms with Crippen LogP contribution in [-0.2, 0) is 14.9 Å². The first kappa shape index (κ1) is 16.2. The molecule has 2 saturated heterocycles. The molecule has 0 aliphatic carbocycles. The first-order valence-corrected chi connectivity index (χ1v) is 8.88. The van der Waals surface area contributed by atoms with Crippen LogP contribution in [0.5, 0.6) is 0 Å². The lowest BCUT2D eigenvalue weighted by Gasteiger charge is -2.39. The Morgan fingerprint density at radius 1 is 1.15 bits per heavy atom. The zero-order chi connectivity index (χ0) is 14.8. The summed E-state index contributed by atoms with van der Waals surface area (Å²) in [6.45, 7) is 6.92. The number of piperidine rings is 1. The smallest absolute Gasteiger partial charge is 0.282 e. The van der Waals surface area contributed by atoms with Gasteiger partial charge in [-0.05, 0) is 46.2 Å². The van der Waals surface area contributed by atoms with Gasteiger partial charge in [0.15, 0.2) is 0 Å². The zero-order valence-electron chi connectivity index (χ0n) is 12.7. The third-order valence-electron chi connectivity index (χ3n) is 4.01. The van der Waals surface area contributed by atoms with E-state index in [0.717, 1.165) is 19.4 Å². The van der Waals surface area contributed by atoms with E-state index in [4.69, 9.17) is 4.74 Å². The van der Waals surface area contributed by atoms with Crippen molar-refractivity contribution in [3.05, 3.63) is 0 Å². The molecule has 0 bridgehead atoms. The molecule has 0 saturated carbocycles. The summed E-state index contributed by atoms with van der Waals surface area (Å²) >= 11 is 0. The lowest BCUT2D eigenvalue weighted by atomic mass is 10.00. The second kappa shape index (κ2) is 6.70. The molecular weight excluding hydrogens is 278 g/mol. The maximum absolute atomic E-state index is 12.8. The average Bonchev–Trinajstić information content (AvgIpc) is 2.38. The molecule has 2 aliphatic heterocycles. The van der Waals surface area contributed by atoms with Crippen LogP contribution in [0.1, 0.15) is 26.7 Å². The lowest BCUT2D eigenvalue weighted by molar-refractivity contribution is -0.0457. The van der Waals surface area contributed by atoms with Crippen molar-refractivity contribution in [2.24, 2.45) is 5.92 Å². The first-order valence-electron chi connectivity index (χ1n) is 7.48. The maximum atomic E-state index is 12.8. The Kier molecular flexibility index (Phi) is 5.42. The maximum Gasteiger partial charge on any atom is 0.282 e. The quantitative estimate of drug-likeness (QED) is 0.810. The van der Waals surface area contributed by atoms with Gasteiger partial charge in [-0.2, -0.15) is 17.0 Å². The van der Waals surface area contributed by atoms with Gasteiger partial charge in [0.1, 0.15) is 0 Å². The molecule has 118 valence electrons. The number of ether oxygens (including phenoxy) is 1. The average molecular weight is 305 g/mol. The van der Waals surface area contributed by atoms with Crippen LogP contribution in [0.2, 0.25) is 0 Å². The van der Waals surface area contributed by atoms with Crippen molar-refractivity contribution in [2.75, 3.05) is 39.8 Å². The summed E-state index contributed by atoms with van der Waals surface area (Å²) in [5.74, 6) is 0.416. The Bertz CT molecular complexity index is 403. The lowest BCUT2D eigenvalue weighted by Crippen LogP contribution is -2.55. The summed E-state index contributed by atoms with van der Waals surface area (Å²) in [6.07, 6.45) is 1.97. The molecule has 2 aliphatic rings. The van der Waals surface area contributed by atoms with E-state index >= 15 is 0 Å². The number of hydrogen-bond acceptors (Lipinski definition) is 4. The normalized spacial score (nSPS) is 34.2. The van der Waals surface area contributed by atoms with Gasteiger partial charge in [-0.1, -0.05) is 0 Å². The monoisotopic (exact) mass is 305 g/mol. The van der Waals surface area contributed by atoms with Crippen molar-refractivity contribution >= 4 is 10.2 Å². The van der Waals surface area contributed by atoms with Gasteiger partial charge < -0.3 is 10.1 Å². The summed E-state index contributed by atoms with van der Waals surface area (Å²) in [6, 6.07) is 0. The van der Waals surface area contributed by atoms with Gasteiger partial charge in [-0.3, -0.25) is 0 Å². The van der Waals surface area contributed by atoms with Crippen LogP contribution < -0.4 is 5.32 Å². The van der Waals surface area contributed by atoms with Crippen LogP contribution in [0.25, 0.3) is 0 Å². The molecule has 0 aromatic heterocycles. The highest BCUT2D eigenvalue weighted by Crippen LogP contribution is 2.23. The highest BCUT2D eigenvalue weighted by atomic mass is 32.2. The number of morpholine rings is 1. The molecule has 7 heteroatoms. The van der Waals surface area contributed by atoms with E-state index in [2.05, 4.69) is 5.32 Å². The van der Waals surface area contributed by atoms with Crippen molar-refractivity contribution in [3.63, 3.8) is 0 Å². The molecule has 0 amide bonds. The predicted octanol–water partition coefficient (Wildman–Crippen LogP) is 0.272. The minimum absolute atomic E-state index is 0.0357. The summed E-state index contributed by atoms with van der Waals surface area (Å²) in [7, 11) is -1.43. The fraction of sp³-hybridized carbons (Fsp3) is 1.00. The van der Waals surface area contributed by atoms with Crippen LogP contribution in [0.3, 0.4) is 0 Å². The molecule has 0 radical (unpaired) electrons. The minimum Gasteiger partial charge on any atom is -0.373 e. The van der Waals surface area contributed by atoms with Crippen LogP contribution >= 0.6 is 0 Å². The second-order valence-corrected chi connectivity index (χ2v) is 7.93. The van der Waals surface area contributed by atoms with Crippen molar-refractivity contribution in [1.29, 1.82) is 0 Å². The number of nitrogens with one attached hydrogen (secondary N) is 1. The van der Waals surface area contributed by atoms with Gasteiger partial charge in [0.2, 0.25) is 0 Å². The highest BCUT2D eigenvalue weighted by molar-refractivity contribution is 7.86. The third kappa shape index (κ3) is 3.71. The van der Waals surface area contributed by atoms with E-state index in [9.17, 15) is 8.42 Å². The Morgan fingerprint density at radius 2 is 1.80 bits per heavy atom. The summed E-state index contributed by atoms with van der Waals surface area (Å²) in [5, 5.41) is 3.15. The van der Waals surface area contributed by atoms with Crippen molar-refractivity contribution < 1.29 is 13.2 Å². The van der Waals surface area contributed by atoms with Gasteiger partial charge >= 0.3 is 0 Å². The van der Waals surface area contributed by atoms with Crippen LogP contribution in [0.4, 0.5) is 0 Å². The topological polar surface area (TPSA) is 61.9 Å². The molecule has 2 fully saturated rings. The van der Waals surface area contributed by atoms with Gasteiger partial charge in [-0.25, -0.2) is 0 Å². The summed E-state index contributed by atoms with van der Waals surface area (Å²) < 4.78 is 34.4. The van der Waals surface area contributed by atoms with Crippen molar-refractivity contribution in [2.45, 2.75) is 38.9 Å². The van der Waals surface area contributed by atoms with Gasteiger partial charge in [0, 0.05) is 26.2 Å². The van der Waals surface area contributed by atoms with Crippen LogP contribution in [0.15, 0.2) is 0 Å². The van der Waals surface area contributed by atoms with E-state index in [0.29, 0.717) is 32.1 Å². The fourth-order valence-electron chi connectivity index (χ4n) is 3.17. The minimum atomic E-state index is -3.34. The molecule has 2 heterocycles. The van der Waals surface area contributed by atoms with E-state index in [-0.39, 0.29) is 12.2 Å². The largest absolute Gasteiger partial charge is 0.373 e. The van der Waals surface area contributed by atoms with E-state index in [1.54, 1.807) is 8.61 Å². The second-order valence-electron chi connectivity index (χ2n) is 6.01. The Labute approximate surface area is 122 Å². The standard InChI is InChI=1S/C13H27N3O3S/c1-11-8-16(9-12(2)19-11)20(17,18)15-6-4-5-13(10-15)7-14-3/h11-14H,4-10H2,1-3H3/t11-,12+,13?. The molecule has 20 heavy (non-hydrogen) atoms. The fourth-order valence-corrected chi connectivity index (χ4v) is 5.06. The van der Waals surface area contributed by atoms with E-state index in [1.165, 1.54) is 0 Å². The predicted molar refractivity (Wildman–Crippen MR) is 78.7 cm³/mol. The van der Waals surface area contributed by atoms with Gasteiger partial charge in [0.05, 0.1) is 12.2 Å². The Balaban J connectivity index is 2.05. The summed E-state index contributed by atoms with van der Waals surface area (Å²) in [5.41, 5.74) is 0. The third-order valence-corrected chi connectivity index (χ3v) is 5.95. The first-order chi connectivity index (χ1) is 9.43. The van der Waals surface area contributed by atoms with Crippen LogP contribution in [0, 0.1) is 5.92 Å². The molecule has 6 nitrogen and oxygen atoms in total. The molecular formula is C13H27N3O3S. The molecule has 0 aromatic carbocycles. The van der Waals surface area contributed by atoms with Crippen LogP contribution in [-0.4, -0.2) is 69.0 Å². The summed E-state index contributed by atoms with van der Waals surface area (Å²) in [4.78, 5) is 0. The van der Waals surface area contributed by atoms with E-state index < -0.39 is 10.2 Å². The van der Waals surface area contributed by atoms with E-state index in [1.807, 2.05) is 20.9 Å². The SMILES string of the molecule is CNCC1CCCN(S(=O)(=O)N2C[C@@H](C)O[C@@H](C)C2)C1.